The van der Waals surface area contributed by atoms with Crippen LogP contribution in [0, 0.1) is 0 Å². The second-order valence-corrected chi connectivity index (χ2v) is 8.44. The summed E-state index contributed by atoms with van der Waals surface area (Å²) < 4.78 is 65.4. The van der Waals surface area contributed by atoms with Gasteiger partial charge in [-0.3, -0.25) is 4.79 Å². The van der Waals surface area contributed by atoms with Gasteiger partial charge in [0.2, 0.25) is 0 Å². The van der Waals surface area contributed by atoms with Gasteiger partial charge in [0.25, 0.3) is 10.0 Å². The Morgan fingerprint density at radius 3 is 2.07 bits per heavy atom. The highest BCUT2D eigenvalue weighted by atomic mass is 32.2. The van der Waals surface area contributed by atoms with Crippen LogP contribution in [0.2, 0.25) is 0 Å². The maximum absolute atomic E-state index is 13.0. The quantitative estimate of drug-likeness (QED) is 0.410. The first-order valence-corrected chi connectivity index (χ1v) is 10.2. The van der Waals surface area contributed by atoms with Gasteiger partial charge in [0.1, 0.15) is 0 Å². The molecule has 4 rings (SSSR count). The number of aromatic nitrogens is 1. The zero-order chi connectivity index (χ0) is 21.5. The van der Waals surface area contributed by atoms with Gasteiger partial charge in [-0.05, 0) is 47.5 Å². The molecule has 4 aromatic rings. The summed E-state index contributed by atoms with van der Waals surface area (Å²) in [6.45, 7) is 0. The van der Waals surface area contributed by atoms with Gasteiger partial charge in [-0.2, -0.15) is 13.2 Å². The van der Waals surface area contributed by atoms with Crippen molar-refractivity contribution in [3.63, 3.8) is 0 Å². The third-order valence-electron chi connectivity index (χ3n) is 4.77. The summed E-state index contributed by atoms with van der Waals surface area (Å²) >= 11 is 0. The largest absolute Gasteiger partial charge is 0.416 e. The minimum Gasteiger partial charge on any atom is -0.298 e. The summed E-state index contributed by atoms with van der Waals surface area (Å²) in [6, 6.07) is 17.2. The lowest BCUT2D eigenvalue weighted by Crippen LogP contribution is -2.11. The number of benzene rings is 3. The van der Waals surface area contributed by atoms with Gasteiger partial charge in [0.05, 0.1) is 16.0 Å². The summed E-state index contributed by atoms with van der Waals surface area (Å²) in [5.41, 5.74) is 0.783. The Labute approximate surface area is 170 Å². The number of carbonyl (C=O) groups excluding carboxylic acids is 1. The van der Waals surface area contributed by atoms with Crippen LogP contribution in [0.5, 0.6) is 0 Å². The van der Waals surface area contributed by atoms with Crippen LogP contribution < -0.4 is 0 Å². The second kappa shape index (κ2) is 7.14. The molecule has 0 N–H and O–H groups in total. The topological polar surface area (TPSA) is 56.1 Å². The van der Waals surface area contributed by atoms with E-state index < -0.39 is 21.8 Å². The number of halogens is 3. The van der Waals surface area contributed by atoms with Crippen LogP contribution in [0.4, 0.5) is 13.2 Å². The average Bonchev–Trinajstić information content (AvgIpc) is 3.12. The van der Waals surface area contributed by atoms with Crippen molar-refractivity contribution in [2.75, 3.05) is 0 Å². The van der Waals surface area contributed by atoms with Crippen molar-refractivity contribution < 1.29 is 26.4 Å². The van der Waals surface area contributed by atoms with Gasteiger partial charge < -0.3 is 0 Å². The van der Waals surface area contributed by atoms with E-state index >= 15 is 0 Å². The van der Waals surface area contributed by atoms with Crippen LogP contribution in [0.1, 0.15) is 15.9 Å². The molecule has 0 aliphatic heterocycles. The molecule has 0 aliphatic carbocycles. The Kier molecular flexibility index (Phi) is 4.74. The number of rotatable bonds is 4. The maximum atomic E-state index is 13.0. The molecule has 0 saturated heterocycles. The van der Waals surface area contributed by atoms with E-state index in [1.807, 2.05) is 0 Å². The summed E-state index contributed by atoms with van der Waals surface area (Å²) in [5, 5.41) is 0.391. The minimum atomic E-state index is -4.43. The lowest BCUT2D eigenvalue weighted by molar-refractivity contribution is -0.137. The summed E-state index contributed by atoms with van der Waals surface area (Å²) in [7, 11) is -3.92. The fraction of sp³-hybridized carbons (Fsp3) is 0.0455. The SMILES string of the molecule is O=Cc1cn(S(=O)(=O)c2ccccc2)c2ccc(-c3ccc(C(F)(F)F)cc3)cc12. The molecular weight excluding hydrogens is 415 g/mol. The van der Waals surface area contributed by atoms with Crippen molar-refractivity contribution in [1.29, 1.82) is 0 Å². The normalized spacial score (nSPS) is 12.2. The molecule has 152 valence electrons. The lowest BCUT2D eigenvalue weighted by atomic mass is 10.0. The number of hydrogen-bond donors (Lipinski definition) is 0. The number of carbonyl (C=O) groups is 1. The molecule has 0 radical (unpaired) electrons. The van der Waals surface area contributed by atoms with Crippen molar-refractivity contribution in [3.8, 4) is 11.1 Å². The molecule has 3 aromatic carbocycles. The van der Waals surface area contributed by atoms with Gasteiger partial charge in [0.15, 0.2) is 6.29 Å². The fourth-order valence-corrected chi connectivity index (χ4v) is 4.65. The molecule has 0 saturated carbocycles. The van der Waals surface area contributed by atoms with Crippen molar-refractivity contribution in [3.05, 3.63) is 90.1 Å². The smallest absolute Gasteiger partial charge is 0.298 e. The van der Waals surface area contributed by atoms with Crippen LogP contribution in [-0.2, 0) is 16.2 Å². The molecule has 0 bridgehead atoms. The molecule has 0 amide bonds. The zero-order valence-corrected chi connectivity index (χ0v) is 16.1. The molecule has 4 nitrogen and oxygen atoms in total. The van der Waals surface area contributed by atoms with Crippen LogP contribution in [-0.4, -0.2) is 18.7 Å². The molecule has 30 heavy (non-hydrogen) atoms. The number of nitrogens with zero attached hydrogens (tertiary/aromatic N) is 1. The number of fused-ring (bicyclic) bond motifs is 1. The van der Waals surface area contributed by atoms with Crippen molar-refractivity contribution in [2.45, 2.75) is 11.1 Å². The van der Waals surface area contributed by atoms with Crippen LogP contribution >= 0.6 is 0 Å². The van der Waals surface area contributed by atoms with Crippen LogP contribution in [0.3, 0.4) is 0 Å². The third-order valence-corrected chi connectivity index (χ3v) is 6.46. The highest BCUT2D eigenvalue weighted by Crippen LogP contribution is 2.33. The predicted octanol–water partition coefficient (Wildman–Crippen LogP) is 5.38. The van der Waals surface area contributed by atoms with E-state index in [1.54, 1.807) is 30.3 Å². The molecule has 8 heteroatoms. The third kappa shape index (κ3) is 3.39. The molecule has 1 heterocycles. The van der Waals surface area contributed by atoms with Crippen LogP contribution in [0.15, 0.2) is 83.9 Å². The van der Waals surface area contributed by atoms with Gasteiger partial charge in [-0.25, -0.2) is 12.4 Å². The Morgan fingerprint density at radius 1 is 0.833 bits per heavy atom. The van der Waals surface area contributed by atoms with Gasteiger partial charge in [0, 0.05) is 17.1 Å². The predicted molar refractivity (Wildman–Crippen MR) is 107 cm³/mol. The first-order chi connectivity index (χ1) is 14.2. The number of hydrogen-bond acceptors (Lipinski definition) is 3. The van der Waals surface area contributed by atoms with Crippen molar-refractivity contribution in [2.24, 2.45) is 0 Å². The lowest BCUT2D eigenvalue weighted by Gasteiger charge is -2.09. The Hall–Kier alpha value is -3.39. The highest BCUT2D eigenvalue weighted by Gasteiger charge is 2.30. The molecule has 0 spiro atoms. The average molecular weight is 429 g/mol. The Morgan fingerprint density at radius 2 is 1.47 bits per heavy atom. The summed E-state index contributed by atoms with van der Waals surface area (Å²) in [5.74, 6) is 0. The molecule has 1 aromatic heterocycles. The molecular formula is C22H14F3NO3S. The summed E-state index contributed by atoms with van der Waals surface area (Å²) in [4.78, 5) is 11.6. The van der Waals surface area contributed by atoms with E-state index in [2.05, 4.69) is 0 Å². The Bertz CT molecular complexity index is 1340. The zero-order valence-electron chi connectivity index (χ0n) is 15.3. The molecule has 0 atom stereocenters. The fourth-order valence-electron chi connectivity index (χ4n) is 3.25. The Balaban J connectivity index is 1.84. The summed E-state index contributed by atoms with van der Waals surface area (Å²) in [6.07, 6.45) is -2.64. The van der Waals surface area contributed by atoms with E-state index in [0.717, 1.165) is 16.1 Å². The first kappa shape index (κ1) is 19.9. The van der Waals surface area contributed by atoms with Gasteiger partial charge >= 0.3 is 6.18 Å². The number of alkyl halides is 3. The molecule has 0 aliphatic rings. The van der Waals surface area contributed by atoms with E-state index in [4.69, 9.17) is 0 Å². The van der Waals surface area contributed by atoms with Crippen molar-refractivity contribution in [1.82, 2.24) is 3.97 Å². The number of aldehydes is 1. The van der Waals surface area contributed by atoms with E-state index in [0.29, 0.717) is 28.3 Å². The standard InChI is InChI=1S/C22H14F3NO3S/c23-22(24,25)18-9-6-15(7-10-18)16-8-11-21-20(12-16)17(14-27)13-26(21)30(28,29)19-4-2-1-3-5-19/h1-14H. The van der Waals surface area contributed by atoms with E-state index in [9.17, 15) is 26.4 Å². The van der Waals surface area contributed by atoms with Gasteiger partial charge in [-0.1, -0.05) is 36.4 Å². The molecule has 0 fully saturated rings. The monoisotopic (exact) mass is 429 g/mol. The highest BCUT2D eigenvalue weighted by molar-refractivity contribution is 7.90. The van der Waals surface area contributed by atoms with E-state index in [-0.39, 0.29) is 10.5 Å². The minimum absolute atomic E-state index is 0.0752. The first-order valence-electron chi connectivity index (χ1n) is 8.80. The second-order valence-electron chi connectivity index (χ2n) is 6.62. The van der Waals surface area contributed by atoms with Gasteiger partial charge in [-0.15, -0.1) is 0 Å². The van der Waals surface area contributed by atoms with E-state index in [1.165, 1.54) is 36.5 Å². The molecule has 0 unspecified atom stereocenters. The van der Waals surface area contributed by atoms with Crippen molar-refractivity contribution >= 4 is 27.2 Å². The maximum Gasteiger partial charge on any atom is 0.416 e. The van der Waals surface area contributed by atoms with Crippen LogP contribution in [0.25, 0.3) is 22.0 Å².